The molecule has 0 heterocycles. The molecule has 172 valence electrons. The molecular formula is C19H33N3O8. The number of carbonyl (C=O) groups excluding carboxylic acids is 4. The van der Waals surface area contributed by atoms with Crippen LogP contribution in [0.1, 0.15) is 53.9 Å². The smallest absolute Gasteiger partial charge is 0.344 e. The third-order valence-electron chi connectivity index (χ3n) is 3.94. The lowest BCUT2D eigenvalue weighted by atomic mass is 10.0. The molecule has 11 heteroatoms. The Morgan fingerprint density at radius 3 is 2.00 bits per heavy atom. The summed E-state index contributed by atoms with van der Waals surface area (Å²) >= 11 is 0. The summed E-state index contributed by atoms with van der Waals surface area (Å²) in [5, 5.41) is 13.9. The fourth-order valence-electron chi connectivity index (χ4n) is 2.33. The Bertz CT molecular complexity index is 621. The summed E-state index contributed by atoms with van der Waals surface area (Å²) in [6, 6.07) is -3.11. The summed E-state index contributed by atoms with van der Waals surface area (Å²) in [6.07, 6.45) is -1.53. The minimum Gasteiger partial charge on any atom is -0.479 e. The predicted octanol–water partition coefficient (Wildman–Crippen LogP) is -0.291. The first-order valence-electron chi connectivity index (χ1n) is 9.84. The van der Waals surface area contributed by atoms with E-state index in [1.165, 1.54) is 6.92 Å². The Morgan fingerprint density at radius 2 is 1.53 bits per heavy atom. The monoisotopic (exact) mass is 431 g/mol. The Hall–Kier alpha value is -2.69. The Labute approximate surface area is 176 Å². The third kappa shape index (κ3) is 10.7. The second-order valence-electron chi connectivity index (χ2n) is 7.30. The van der Waals surface area contributed by atoms with Crippen LogP contribution in [0.3, 0.4) is 0 Å². The van der Waals surface area contributed by atoms with Gasteiger partial charge in [-0.3, -0.25) is 14.4 Å². The molecule has 0 fully saturated rings. The molecule has 0 aromatic carbocycles. The number of amides is 2. The van der Waals surface area contributed by atoms with Crippen molar-refractivity contribution in [3.05, 3.63) is 0 Å². The number of rotatable bonds is 13. The lowest BCUT2D eigenvalue weighted by molar-refractivity contribution is -0.165. The fourth-order valence-corrected chi connectivity index (χ4v) is 2.33. The van der Waals surface area contributed by atoms with Gasteiger partial charge in [0.05, 0.1) is 12.6 Å². The van der Waals surface area contributed by atoms with E-state index >= 15 is 0 Å². The maximum absolute atomic E-state index is 12.7. The maximum atomic E-state index is 12.7. The van der Waals surface area contributed by atoms with Crippen molar-refractivity contribution in [3.8, 4) is 0 Å². The molecule has 1 unspecified atom stereocenters. The standard InChI is InChI=1S/C19H33N3O8/c1-6-29-15(23)8-7-13(19(28)30-12(5)18(26)27)21-17(25)14(9-10(2)3)22-16(24)11(4)20/h10-14H,6-9,20H2,1-5H3,(H,21,25)(H,22,24)(H,26,27)/t11-,12?,13-,14-/m0/s1. The number of aliphatic carboxylic acids is 1. The van der Waals surface area contributed by atoms with Gasteiger partial charge in [0.15, 0.2) is 6.10 Å². The Morgan fingerprint density at radius 1 is 0.967 bits per heavy atom. The van der Waals surface area contributed by atoms with E-state index in [-0.39, 0.29) is 31.8 Å². The molecule has 0 aliphatic rings. The lowest BCUT2D eigenvalue weighted by Crippen LogP contribution is -2.54. The highest BCUT2D eigenvalue weighted by Gasteiger charge is 2.31. The average molecular weight is 431 g/mol. The second kappa shape index (κ2) is 13.5. The lowest BCUT2D eigenvalue weighted by Gasteiger charge is -2.24. The van der Waals surface area contributed by atoms with E-state index in [1.54, 1.807) is 6.92 Å². The first-order valence-corrected chi connectivity index (χ1v) is 9.84. The molecule has 2 amide bonds. The van der Waals surface area contributed by atoms with Crippen molar-refractivity contribution in [2.75, 3.05) is 6.61 Å². The number of hydrogen-bond acceptors (Lipinski definition) is 8. The van der Waals surface area contributed by atoms with Gasteiger partial charge in [-0.15, -0.1) is 0 Å². The van der Waals surface area contributed by atoms with Gasteiger partial charge in [-0.05, 0) is 39.5 Å². The molecule has 0 aliphatic carbocycles. The molecular weight excluding hydrogens is 398 g/mol. The summed E-state index contributed by atoms with van der Waals surface area (Å²) < 4.78 is 9.64. The first-order chi connectivity index (χ1) is 13.9. The predicted molar refractivity (Wildman–Crippen MR) is 106 cm³/mol. The van der Waals surface area contributed by atoms with Crippen molar-refractivity contribution >= 4 is 29.7 Å². The van der Waals surface area contributed by atoms with E-state index in [0.717, 1.165) is 6.92 Å². The molecule has 0 spiro atoms. The van der Waals surface area contributed by atoms with Crippen LogP contribution in [0, 0.1) is 5.92 Å². The number of carboxylic acids is 1. The van der Waals surface area contributed by atoms with Crippen molar-refractivity contribution in [3.63, 3.8) is 0 Å². The van der Waals surface area contributed by atoms with E-state index in [2.05, 4.69) is 10.6 Å². The molecule has 30 heavy (non-hydrogen) atoms. The molecule has 4 atom stereocenters. The van der Waals surface area contributed by atoms with E-state index in [0.29, 0.717) is 0 Å². The van der Waals surface area contributed by atoms with Gasteiger partial charge in [-0.2, -0.15) is 0 Å². The highest BCUT2D eigenvalue weighted by molar-refractivity contribution is 5.92. The van der Waals surface area contributed by atoms with Gasteiger partial charge in [0, 0.05) is 6.42 Å². The summed E-state index contributed by atoms with van der Waals surface area (Å²) in [5.74, 6) is -4.14. The normalized spacial score (nSPS) is 14.8. The van der Waals surface area contributed by atoms with E-state index < -0.39 is 54.0 Å². The van der Waals surface area contributed by atoms with Crippen molar-refractivity contribution in [2.24, 2.45) is 11.7 Å². The van der Waals surface area contributed by atoms with Crippen LogP contribution < -0.4 is 16.4 Å². The van der Waals surface area contributed by atoms with Crippen LogP contribution in [-0.2, 0) is 33.4 Å². The number of nitrogens with one attached hydrogen (secondary N) is 2. The number of hydrogen-bond donors (Lipinski definition) is 4. The highest BCUT2D eigenvalue weighted by atomic mass is 16.6. The molecule has 11 nitrogen and oxygen atoms in total. The molecule has 5 N–H and O–H groups in total. The quantitative estimate of drug-likeness (QED) is 0.286. The van der Waals surface area contributed by atoms with Crippen LogP contribution in [0.25, 0.3) is 0 Å². The number of carbonyl (C=O) groups is 5. The fraction of sp³-hybridized carbons (Fsp3) is 0.737. The van der Waals surface area contributed by atoms with Gasteiger partial charge < -0.3 is 30.9 Å². The maximum Gasteiger partial charge on any atom is 0.344 e. The zero-order valence-corrected chi connectivity index (χ0v) is 18.1. The molecule has 0 aromatic rings. The zero-order chi connectivity index (χ0) is 23.4. The third-order valence-corrected chi connectivity index (χ3v) is 3.94. The van der Waals surface area contributed by atoms with E-state index in [1.807, 2.05) is 13.8 Å². The van der Waals surface area contributed by atoms with Gasteiger partial charge in [0.2, 0.25) is 11.8 Å². The summed E-state index contributed by atoms with van der Waals surface area (Å²) in [6.45, 7) is 8.09. The highest BCUT2D eigenvalue weighted by Crippen LogP contribution is 2.09. The van der Waals surface area contributed by atoms with Crippen LogP contribution in [-0.4, -0.2) is 65.7 Å². The first kappa shape index (κ1) is 27.3. The van der Waals surface area contributed by atoms with Crippen LogP contribution in [0.4, 0.5) is 0 Å². The number of ether oxygens (including phenoxy) is 2. The van der Waals surface area contributed by atoms with E-state index in [9.17, 15) is 24.0 Å². The minimum absolute atomic E-state index is 0.0334. The second-order valence-corrected chi connectivity index (χ2v) is 7.30. The molecule has 0 aliphatic heterocycles. The summed E-state index contributed by atoms with van der Waals surface area (Å²) in [5.41, 5.74) is 5.53. The van der Waals surface area contributed by atoms with Gasteiger partial charge in [0.25, 0.3) is 0 Å². The van der Waals surface area contributed by atoms with Crippen molar-refractivity contribution < 1.29 is 38.6 Å². The molecule has 0 radical (unpaired) electrons. The molecule has 0 rings (SSSR count). The van der Waals surface area contributed by atoms with Crippen LogP contribution in [0.2, 0.25) is 0 Å². The largest absolute Gasteiger partial charge is 0.479 e. The molecule has 0 saturated heterocycles. The van der Waals surface area contributed by atoms with Crippen molar-refractivity contribution in [2.45, 2.75) is 78.1 Å². The molecule has 0 aromatic heterocycles. The van der Waals surface area contributed by atoms with Gasteiger partial charge in [0.1, 0.15) is 12.1 Å². The van der Waals surface area contributed by atoms with Crippen LogP contribution in [0.5, 0.6) is 0 Å². The SMILES string of the molecule is CCOC(=O)CC[C@H](NC(=O)[C@H](CC(C)C)NC(=O)[C@H](C)N)C(=O)OC(C)C(=O)O. The average Bonchev–Trinajstić information content (AvgIpc) is 2.63. The number of esters is 2. The van der Waals surface area contributed by atoms with Gasteiger partial charge >= 0.3 is 17.9 Å². The van der Waals surface area contributed by atoms with Gasteiger partial charge in [-0.25, -0.2) is 9.59 Å². The summed E-state index contributed by atoms with van der Waals surface area (Å²) in [4.78, 5) is 59.6. The van der Waals surface area contributed by atoms with Crippen LogP contribution in [0.15, 0.2) is 0 Å². The molecule has 0 bridgehead atoms. The minimum atomic E-state index is -1.44. The molecule has 0 saturated carbocycles. The Balaban J connectivity index is 5.38. The van der Waals surface area contributed by atoms with Crippen molar-refractivity contribution in [1.29, 1.82) is 0 Å². The Kier molecular flexibility index (Phi) is 12.3. The number of carboxylic acid groups (broad SMARTS) is 1. The number of nitrogens with two attached hydrogens (primary N) is 1. The van der Waals surface area contributed by atoms with E-state index in [4.69, 9.17) is 20.3 Å². The zero-order valence-electron chi connectivity index (χ0n) is 18.1. The van der Waals surface area contributed by atoms with Crippen molar-refractivity contribution in [1.82, 2.24) is 10.6 Å². The topological polar surface area (TPSA) is 174 Å². The van der Waals surface area contributed by atoms with Gasteiger partial charge in [-0.1, -0.05) is 13.8 Å². The van der Waals surface area contributed by atoms with Crippen LogP contribution >= 0.6 is 0 Å². The summed E-state index contributed by atoms with van der Waals surface area (Å²) in [7, 11) is 0.